The molecule has 1 aromatic rings. The Morgan fingerprint density at radius 1 is 1.31 bits per heavy atom. The van der Waals surface area contributed by atoms with Crippen molar-refractivity contribution >= 4 is 5.96 Å². The van der Waals surface area contributed by atoms with E-state index in [0.717, 1.165) is 29.9 Å². The fourth-order valence-electron chi connectivity index (χ4n) is 3.53. The highest BCUT2D eigenvalue weighted by Crippen LogP contribution is 2.30. The summed E-state index contributed by atoms with van der Waals surface area (Å²) in [6.45, 7) is 5.00. The van der Waals surface area contributed by atoms with E-state index in [2.05, 4.69) is 27.5 Å². The van der Waals surface area contributed by atoms with Crippen LogP contribution in [0.25, 0.3) is 0 Å². The summed E-state index contributed by atoms with van der Waals surface area (Å²) in [6.07, 6.45) is 8.47. The number of rotatable bonds is 9. The standard InChI is InChI=1S/C20H34N4O2/c1-16-6-4-7-17(14-16)9-11-23-20(21-2)24-15-18-8-5-10-22-19(18)26-13-12-25-3/h5,8,10,16-17H,4,6-7,9,11-15H2,1-3H3,(H2,21,23,24). The first kappa shape index (κ1) is 20.5. The lowest BCUT2D eigenvalue weighted by molar-refractivity contribution is 0.143. The van der Waals surface area contributed by atoms with Crippen LogP contribution in [0.5, 0.6) is 5.88 Å². The number of hydrogen-bond donors (Lipinski definition) is 2. The normalized spacial score (nSPS) is 20.7. The first-order valence-corrected chi connectivity index (χ1v) is 9.73. The Kier molecular flexibility index (Phi) is 9.24. The molecule has 0 radical (unpaired) electrons. The van der Waals surface area contributed by atoms with E-state index < -0.39 is 0 Å². The Bertz CT molecular complexity index is 550. The molecular weight excluding hydrogens is 328 g/mol. The Hall–Kier alpha value is -1.82. The predicted molar refractivity (Wildman–Crippen MR) is 106 cm³/mol. The van der Waals surface area contributed by atoms with Gasteiger partial charge in [-0.25, -0.2) is 4.98 Å². The summed E-state index contributed by atoms with van der Waals surface area (Å²) >= 11 is 0. The van der Waals surface area contributed by atoms with Gasteiger partial charge in [-0.05, 0) is 30.7 Å². The lowest BCUT2D eigenvalue weighted by Gasteiger charge is -2.26. The third kappa shape index (κ3) is 7.20. The van der Waals surface area contributed by atoms with Crippen LogP contribution in [0.3, 0.4) is 0 Å². The van der Waals surface area contributed by atoms with Crippen LogP contribution in [0.1, 0.15) is 44.6 Å². The molecule has 1 aliphatic carbocycles. The molecule has 2 N–H and O–H groups in total. The van der Waals surface area contributed by atoms with Crippen molar-refractivity contribution in [2.45, 2.75) is 45.6 Å². The highest BCUT2D eigenvalue weighted by Gasteiger charge is 2.18. The second-order valence-electron chi connectivity index (χ2n) is 7.09. The minimum Gasteiger partial charge on any atom is -0.475 e. The zero-order chi connectivity index (χ0) is 18.6. The maximum Gasteiger partial charge on any atom is 0.218 e. The molecule has 2 unspecified atom stereocenters. The molecular formula is C20H34N4O2. The van der Waals surface area contributed by atoms with Crippen LogP contribution in [0.4, 0.5) is 0 Å². The number of nitrogens with zero attached hydrogens (tertiary/aromatic N) is 2. The molecule has 6 heteroatoms. The first-order valence-electron chi connectivity index (χ1n) is 9.73. The van der Waals surface area contributed by atoms with Gasteiger partial charge in [0.2, 0.25) is 5.88 Å². The van der Waals surface area contributed by atoms with Gasteiger partial charge in [0, 0.05) is 39.0 Å². The molecule has 0 amide bonds. The van der Waals surface area contributed by atoms with Gasteiger partial charge in [-0.2, -0.15) is 0 Å². The van der Waals surface area contributed by atoms with Gasteiger partial charge in [0.05, 0.1) is 6.61 Å². The summed E-state index contributed by atoms with van der Waals surface area (Å²) in [6, 6.07) is 3.93. The van der Waals surface area contributed by atoms with Gasteiger partial charge in [-0.1, -0.05) is 32.3 Å². The molecule has 2 atom stereocenters. The fraction of sp³-hybridized carbons (Fsp3) is 0.700. The molecule has 146 valence electrons. The second kappa shape index (κ2) is 11.7. The average molecular weight is 363 g/mol. The molecule has 1 aliphatic rings. The van der Waals surface area contributed by atoms with Crippen LogP contribution in [-0.2, 0) is 11.3 Å². The van der Waals surface area contributed by atoms with Crippen molar-refractivity contribution in [1.29, 1.82) is 0 Å². The summed E-state index contributed by atoms with van der Waals surface area (Å²) in [4.78, 5) is 8.63. The smallest absolute Gasteiger partial charge is 0.218 e. The van der Waals surface area contributed by atoms with Gasteiger partial charge in [0.25, 0.3) is 0 Å². The Labute approximate surface area is 157 Å². The quantitative estimate of drug-likeness (QED) is 0.402. The molecule has 0 saturated heterocycles. The number of nitrogens with one attached hydrogen (secondary N) is 2. The summed E-state index contributed by atoms with van der Waals surface area (Å²) in [5.41, 5.74) is 1.01. The minimum absolute atomic E-state index is 0.493. The third-order valence-corrected chi connectivity index (χ3v) is 4.94. The third-order valence-electron chi connectivity index (χ3n) is 4.94. The number of aromatic nitrogens is 1. The first-order chi connectivity index (χ1) is 12.7. The monoisotopic (exact) mass is 362 g/mol. The van der Waals surface area contributed by atoms with Gasteiger partial charge in [0.1, 0.15) is 6.61 Å². The van der Waals surface area contributed by atoms with Crippen molar-refractivity contribution in [2.75, 3.05) is 33.9 Å². The molecule has 26 heavy (non-hydrogen) atoms. The second-order valence-corrected chi connectivity index (χ2v) is 7.09. The van der Waals surface area contributed by atoms with Crippen molar-refractivity contribution in [3.8, 4) is 5.88 Å². The van der Waals surface area contributed by atoms with Crippen LogP contribution >= 0.6 is 0 Å². The van der Waals surface area contributed by atoms with E-state index in [1.165, 1.54) is 32.1 Å². The van der Waals surface area contributed by atoms with Crippen LogP contribution < -0.4 is 15.4 Å². The number of pyridine rings is 1. The van der Waals surface area contributed by atoms with E-state index in [9.17, 15) is 0 Å². The molecule has 0 spiro atoms. The lowest BCUT2D eigenvalue weighted by Crippen LogP contribution is -2.38. The molecule has 6 nitrogen and oxygen atoms in total. The van der Waals surface area contributed by atoms with Crippen LogP contribution in [0.2, 0.25) is 0 Å². The molecule has 0 bridgehead atoms. The molecule has 0 aromatic carbocycles. The lowest BCUT2D eigenvalue weighted by atomic mass is 9.81. The topological polar surface area (TPSA) is 67.8 Å². The van der Waals surface area contributed by atoms with E-state index >= 15 is 0 Å². The fourth-order valence-corrected chi connectivity index (χ4v) is 3.53. The molecule has 1 saturated carbocycles. The summed E-state index contributed by atoms with van der Waals surface area (Å²) in [5.74, 6) is 3.20. The van der Waals surface area contributed by atoms with E-state index in [1.807, 2.05) is 12.1 Å². The maximum absolute atomic E-state index is 5.68. The molecule has 1 fully saturated rings. The van der Waals surface area contributed by atoms with Crippen molar-refractivity contribution in [2.24, 2.45) is 16.8 Å². The zero-order valence-corrected chi connectivity index (χ0v) is 16.5. The molecule has 1 aromatic heterocycles. The van der Waals surface area contributed by atoms with Gasteiger partial charge in [-0.15, -0.1) is 0 Å². The van der Waals surface area contributed by atoms with Crippen LogP contribution in [-0.4, -0.2) is 44.9 Å². The summed E-state index contributed by atoms with van der Waals surface area (Å²) < 4.78 is 10.7. The predicted octanol–water partition coefficient (Wildman–Crippen LogP) is 2.99. The number of aliphatic imine (C=N–C) groups is 1. The number of hydrogen-bond acceptors (Lipinski definition) is 4. The van der Waals surface area contributed by atoms with Gasteiger partial charge < -0.3 is 20.1 Å². The number of ether oxygens (including phenoxy) is 2. The van der Waals surface area contributed by atoms with E-state index in [1.54, 1.807) is 20.4 Å². The van der Waals surface area contributed by atoms with Crippen molar-refractivity contribution in [3.63, 3.8) is 0 Å². The average Bonchev–Trinajstić information content (AvgIpc) is 2.66. The summed E-state index contributed by atoms with van der Waals surface area (Å²) in [7, 11) is 3.46. The summed E-state index contributed by atoms with van der Waals surface area (Å²) in [5, 5.41) is 6.78. The molecule has 2 rings (SSSR count). The van der Waals surface area contributed by atoms with Crippen molar-refractivity contribution < 1.29 is 9.47 Å². The van der Waals surface area contributed by atoms with E-state index in [-0.39, 0.29) is 0 Å². The van der Waals surface area contributed by atoms with Crippen molar-refractivity contribution in [3.05, 3.63) is 23.9 Å². The van der Waals surface area contributed by atoms with Crippen LogP contribution in [0.15, 0.2) is 23.3 Å². The zero-order valence-electron chi connectivity index (χ0n) is 16.5. The van der Waals surface area contributed by atoms with E-state index in [4.69, 9.17) is 9.47 Å². The number of guanidine groups is 1. The Balaban J connectivity index is 1.74. The highest BCUT2D eigenvalue weighted by atomic mass is 16.5. The van der Waals surface area contributed by atoms with Gasteiger partial charge >= 0.3 is 0 Å². The number of methoxy groups -OCH3 is 1. The highest BCUT2D eigenvalue weighted by molar-refractivity contribution is 5.79. The van der Waals surface area contributed by atoms with Crippen molar-refractivity contribution in [1.82, 2.24) is 15.6 Å². The largest absolute Gasteiger partial charge is 0.475 e. The molecule has 0 aliphatic heterocycles. The maximum atomic E-state index is 5.68. The van der Waals surface area contributed by atoms with E-state index in [0.29, 0.717) is 25.6 Å². The SMILES string of the molecule is CN=C(NCCC1CCCC(C)C1)NCc1cccnc1OCCOC. The van der Waals surface area contributed by atoms with Gasteiger partial charge in [0.15, 0.2) is 5.96 Å². The van der Waals surface area contributed by atoms with Crippen LogP contribution in [0, 0.1) is 11.8 Å². The van der Waals surface area contributed by atoms with Gasteiger partial charge in [-0.3, -0.25) is 4.99 Å². The minimum atomic E-state index is 0.493. The Morgan fingerprint density at radius 3 is 2.96 bits per heavy atom. The Morgan fingerprint density at radius 2 is 2.19 bits per heavy atom. The molecule has 1 heterocycles.